The summed E-state index contributed by atoms with van der Waals surface area (Å²) in [7, 11) is 0. The minimum Gasteiger partial charge on any atom is -0.283 e. The highest BCUT2D eigenvalue weighted by Crippen LogP contribution is 2.29. The lowest BCUT2D eigenvalue weighted by molar-refractivity contribution is -0.179. The zero-order chi connectivity index (χ0) is 16.0. The summed E-state index contributed by atoms with van der Waals surface area (Å²) in [6, 6.07) is 17.1. The predicted molar refractivity (Wildman–Crippen MR) is 90.9 cm³/mol. The standard InChI is InChI=1S/C17H17F3IN/c18-17(19,20)16(11-21)22(12-14-7-3-1-4-8-14)13-15-9-5-2-6-10-15/h1-10,16H,11-13H2. The molecule has 5 heteroatoms. The molecule has 2 aromatic rings. The van der Waals surface area contributed by atoms with Crippen LogP contribution in [0.2, 0.25) is 0 Å². The fraction of sp³-hybridized carbons (Fsp3) is 0.294. The Morgan fingerprint density at radius 2 is 1.23 bits per heavy atom. The molecule has 0 aliphatic carbocycles. The van der Waals surface area contributed by atoms with E-state index < -0.39 is 12.2 Å². The van der Waals surface area contributed by atoms with Crippen molar-refractivity contribution in [3.05, 3.63) is 71.8 Å². The van der Waals surface area contributed by atoms with Gasteiger partial charge in [-0.25, -0.2) is 0 Å². The van der Waals surface area contributed by atoms with Crippen molar-refractivity contribution >= 4 is 22.6 Å². The molecule has 1 unspecified atom stereocenters. The zero-order valence-electron chi connectivity index (χ0n) is 11.9. The summed E-state index contributed by atoms with van der Waals surface area (Å²) in [5, 5.41) is 0. The van der Waals surface area contributed by atoms with Gasteiger partial charge in [0.15, 0.2) is 0 Å². The Kier molecular flexibility index (Phi) is 6.26. The van der Waals surface area contributed by atoms with Crippen molar-refractivity contribution in [1.29, 1.82) is 0 Å². The molecule has 0 heterocycles. The summed E-state index contributed by atoms with van der Waals surface area (Å²) in [5.41, 5.74) is 1.77. The van der Waals surface area contributed by atoms with Crippen LogP contribution in [0.4, 0.5) is 13.2 Å². The van der Waals surface area contributed by atoms with E-state index in [2.05, 4.69) is 0 Å². The van der Waals surface area contributed by atoms with Gasteiger partial charge < -0.3 is 0 Å². The molecule has 0 aromatic heterocycles. The first-order valence-corrected chi connectivity index (χ1v) is 8.48. The van der Waals surface area contributed by atoms with Crippen LogP contribution >= 0.6 is 22.6 Å². The summed E-state index contributed by atoms with van der Waals surface area (Å²) in [6.45, 7) is 0.561. The first-order valence-electron chi connectivity index (χ1n) is 6.95. The fourth-order valence-corrected chi connectivity index (χ4v) is 3.36. The van der Waals surface area contributed by atoms with E-state index in [0.29, 0.717) is 0 Å². The Balaban J connectivity index is 2.23. The minimum absolute atomic E-state index is 0.0148. The number of hydrogen-bond donors (Lipinski definition) is 0. The van der Waals surface area contributed by atoms with E-state index in [4.69, 9.17) is 0 Å². The molecule has 1 atom stereocenters. The van der Waals surface area contributed by atoms with Crippen LogP contribution in [0.25, 0.3) is 0 Å². The van der Waals surface area contributed by atoms with Gasteiger partial charge in [0.2, 0.25) is 0 Å². The van der Waals surface area contributed by atoms with Crippen molar-refractivity contribution in [3.8, 4) is 0 Å². The van der Waals surface area contributed by atoms with Crippen molar-refractivity contribution in [3.63, 3.8) is 0 Å². The third kappa shape index (κ3) is 4.98. The van der Waals surface area contributed by atoms with E-state index in [1.807, 2.05) is 83.3 Å². The van der Waals surface area contributed by atoms with Crippen LogP contribution in [0.5, 0.6) is 0 Å². The lowest BCUT2D eigenvalue weighted by atomic mass is 10.1. The molecule has 2 aromatic carbocycles. The summed E-state index contributed by atoms with van der Waals surface area (Å²) in [6.07, 6.45) is -4.23. The number of alkyl halides is 4. The van der Waals surface area contributed by atoms with Crippen molar-refractivity contribution in [2.75, 3.05) is 4.43 Å². The summed E-state index contributed by atoms with van der Waals surface area (Å²) in [4.78, 5) is 1.50. The quantitative estimate of drug-likeness (QED) is 0.468. The van der Waals surface area contributed by atoms with E-state index in [-0.39, 0.29) is 17.5 Å². The second kappa shape index (κ2) is 7.97. The van der Waals surface area contributed by atoms with Crippen molar-refractivity contribution in [2.24, 2.45) is 0 Å². The van der Waals surface area contributed by atoms with E-state index in [9.17, 15) is 13.2 Å². The summed E-state index contributed by atoms with van der Waals surface area (Å²) >= 11 is 1.81. The maximum Gasteiger partial charge on any atom is 0.404 e. The van der Waals surface area contributed by atoms with Crippen molar-refractivity contribution in [2.45, 2.75) is 25.3 Å². The number of hydrogen-bond acceptors (Lipinski definition) is 1. The van der Waals surface area contributed by atoms with E-state index >= 15 is 0 Å². The Labute approximate surface area is 142 Å². The monoisotopic (exact) mass is 419 g/mol. The van der Waals surface area contributed by atoms with E-state index in [1.165, 1.54) is 4.90 Å². The Hall–Kier alpha value is -1.08. The molecule has 0 fully saturated rings. The molecule has 0 spiro atoms. The average Bonchev–Trinajstić information content (AvgIpc) is 2.48. The second-order valence-corrected chi connectivity index (χ2v) is 5.97. The SMILES string of the molecule is FC(F)(F)C(CI)N(Cc1ccccc1)Cc1ccccc1. The van der Waals surface area contributed by atoms with Crippen LogP contribution in [-0.2, 0) is 13.1 Å². The van der Waals surface area contributed by atoms with Gasteiger partial charge in [-0.3, -0.25) is 4.90 Å². The molecule has 0 radical (unpaired) electrons. The van der Waals surface area contributed by atoms with Crippen LogP contribution in [-0.4, -0.2) is 21.5 Å². The first-order chi connectivity index (χ1) is 10.5. The highest BCUT2D eigenvalue weighted by atomic mass is 127. The normalized spacial score (nSPS) is 13.3. The smallest absolute Gasteiger partial charge is 0.283 e. The average molecular weight is 419 g/mol. The fourth-order valence-electron chi connectivity index (χ4n) is 2.30. The van der Waals surface area contributed by atoms with Crippen LogP contribution in [0, 0.1) is 0 Å². The van der Waals surface area contributed by atoms with Crippen LogP contribution in [0.15, 0.2) is 60.7 Å². The molecule has 0 N–H and O–H groups in total. The topological polar surface area (TPSA) is 3.24 Å². The molecular weight excluding hydrogens is 402 g/mol. The molecule has 0 aliphatic rings. The maximum absolute atomic E-state index is 13.3. The largest absolute Gasteiger partial charge is 0.404 e. The zero-order valence-corrected chi connectivity index (χ0v) is 14.1. The van der Waals surface area contributed by atoms with Gasteiger partial charge in [-0.2, -0.15) is 13.2 Å². The highest BCUT2D eigenvalue weighted by Gasteiger charge is 2.42. The van der Waals surface area contributed by atoms with Gasteiger partial charge in [0.05, 0.1) is 0 Å². The molecule has 0 saturated carbocycles. The van der Waals surface area contributed by atoms with Crippen LogP contribution < -0.4 is 0 Å². The Morgan fingerprint density at radius 3 is 1.55 bits per heavy atom. The van der Waals surface area contributed by atoms with Crippen LogP contribution in [0.1, 0.15) is 11.1 Å². The van der Waals surface area contributed by atoms with Crippen molar-refractivity contribution < 1.29 is 13.2 Å². The third-order valence-electron chi connectivity index (χ3n) is 3.42. The Morgan fingerprint density at radius 1 is 0.818 bits per heavy atom. The highest BCUT2D eigenvalue weighted by molar-refractivity contribution is 14.1. The van der Waals surface area contributed by atoms with Gasteiger partial charge >= 0.3 is 6.18 Å². The molecular formula is C17H17F3IN. The number of benzene rings is 2. The summed E-state index contributed by atoms with van der Waals surface area (Å²) < 4.78 is 40.0. The minimum atomic E-state index is -4.23. The maximum atomic E-state index is 13.3. The first kappa shape index (κ1) is 17.3. The lowest BCUT2D eigenvalue weighted by Crippen LogP contribution is -2.46. The van der Waals surface area contributed by atoms with Gasteiger partial charge in [0, 0.05) is 17.5 Å². The van der Waals surface area contributed by atoms with E-state index in [1.54, 1.807) is 0 Å². The van der Waals surface area contributed by atoms with Crippen molar-refractivity contribution in [1.82, 2.24) is 4.90 Å². The number of halogens is 4. The second-order valence-electron chi connectivity index (χ2n) is 5.09. The molecule has 0 saturated heterocycles. The number of nitrogens with zero attached hydrogens (tertiary/aromatic N) is 1. The van der Waals surface area contributed by atoms with Gasteiger partial charge in [-0.15, -0.1) is 0 Å². The lowest BCUT2D eigenvalue weighted by Gasteiger charge is -2.32. The number of rotatable bonds is 6. The van der Waals surface area contributed by atoms with Gasteiger partial charge in [0.1, 0.15) is 6.04 Å². The molecule has 1 nitrogen and oxygen atoms in total. The van der Waals surface area contributed by atoms with Gasteiger partial charge in [-0.1, -0.05) is 83.3 Å². The predicted octanol–water partition coefficient (Wildman–Crippen LogP) is 5.05. The molecule has 118 valence electrons. The molecule has 2 rings (SSSR count). The molecule has 0 aliphatic heterocycles. The summed E-state index contributed by atoms with van der Waals surface area (Å²) in [5.74, 6) is 0. The molecule has 22 heavy (non-hydrogen) atoms. The van der Waals surface area contributed by atoms with Gasteiger partial charge in [-0.05, 0) is 11.1 Å². The third-order valence-corrected chi connectivity index (χ3v) is 4.26. The van der Waals surface area contributed by atoms with Crippen LogP contribution in [0.3, 0.4) is 0 Å². The molecule has 0 amide bonds. The Bertz CT molecular complexity index is 516. The molecule has 0 bridgehead atoms. The van der Waals surface area contributed by atoms with E-state index in [0.717, 1.165) is 11.1 Å². The van der Waals surface area contributed by atoms with Gasteiger partial charge in [0.25, 0.3) is 0 Å².